The number of piperidine rings is 1. The van der Waals surface area contributed by atoms with Gasteiger partial charge in [0.15, 0.2) is 0 Å². The number of morpholine rings is 1. The number of ether oxygens (including phenoxy) is 2. The molecule has 2 aromatic carbocycles. The van der Waals surface area contributed by atoms with Gasteiger partial charge in [0.2, 0.25) is 5.78 Å². The molecule has 7 heteroatoms. The third-order valence-corrected chi connectivity index (χ3v) is 7.48. The molecule has 3 aliphatic rings. The van der Waals surface area contributed by atoms with Crippen molar-refractivity contribution in [1.82, 2.24) is 15.2 Å². The number of nitrogens with one attached hydrogen (secondary N) is 2. The summed E-state index contributed by atoms with van der Waals surface area (Å²) in [6.07, 6.45) is 1.16. The quantitative estimate of drug-likeness (QED) is 0.566. The van der Waals surface area contributed by atoms with Gasteiger partial charge in [-0.05, 0) is 60.8 Å². The van der Waals surface area contributed by atoms with Gasteiger partial charge in [0.05, 0.1) is 30.0 Å². The molecule has 0 aliphatic carbocycles. The topological polar surface area (TPSA) is 66.6 Å². The van der Waals surface area contributed by atoms with Crippen molar-refractivity contribution in [3.8, 4) is 0 Å². The van der Waals surface area contributed by atoms with Gasteiger partial charge in [0.25, 0.3) is 0 Å². The smallest absolute Gasteiger partial charge is 0.212 e. The summed E-state index contributed by atoms with van der Waals surface area (Å²) in [5.74, 6) is -0.0255. The van der Waals surface area contributed by atoms with Crippen LogP contribution in [0.5, 0.6) is 0 Å². The van der Waals surface area contributed by atoms with E-state index in [2.05, 4.69) is 21.3 Å². The van der Waals surface area contributed by atoms with E-state index in [0.717, 1.165) is 86.4 Å². The highest BCUT2D eigenvalue weighted by molar-refractivity contribution is 6.31. The molecule has 0 bridgehead atoms. The number of aromatic nitrogens is 1. The zero-order valence-corrected chi connectivity index (χ0v) is 19.3. The second-order valence-corrected chi connectivity index (χ2v) is 9.73. The Labute approximate surface area is 198 Å². The lowest BCUT2D eigenvalue weighted by molar-refractivity contribution is -0.0807. The molecule has 172 valence electrons. The van der Waals surface area contributed by atoms with Crippen LogP contribution in [0.1, 0.15) is 46.1 Å². The summed E-state index contributed by atoms with van der Waals surface area (Å²) in [7, 11) is 0. The second-order valence-electron chi connectivity index (χ2n) is 9.29. The first-order valence-corrected chi connectivity index (χ1v) is 12.1. The maximum absolute atomic E-state index is 13.8. The van der Waals surface area contributed by atoms with Crippen LogP contribution in [0.25, 0.3) is 10.9 Å². The number of carbonyl (C=O) groups is 1. The van der Waals surface area contributed by atoms with Gasteiger partial charge in [-0.1, -0.05) is 35.9 Å². The molecule has 33 heavy (non-hydrogen) atoms. The van der Waals surface area contributed by atoms with Crippen LogP contribution in [-0.2, 0) is 21.6 Å². The molecule has 1 aromatic heterocycles. The molecule has 2 saturated heterocycles. The van der Waals surface area contributed by atoms with Crippen molar-refractivity contribution in [3.05, 3.63) is 69.9 Å². The monoisotopic (exact) mass is 465 g/mol. The van der Waals surface area contributed by atoms with Crippen LogP contribution < -0.4 is 5.32 Å². The van der Waals surface area contributed by atoms with E-state index < -0.39 is 6.10 Å². The van der Waals surface area contributed by atoms with Gasteiger partial charge in [-0.15, -0.1) is 0 Å². The van der Waals surface area contributed by atoms with Crippen LogP contribution in [-0.4, -0.2) is 55.1 Å². The van der Waals surface area contributed by atoms with Gasteiger partial charge >= 0.3 is 0 Å². The molecule has 6 rings (SSSR count). The average Bonchev–Trinajstić information content (AvgIpc) is 3.40. The molecule has 4 heterocycles. The third-order valence-electron chi connectivity index (χ3n) is 7.26. The summed E-state index contributed by atoms with van der Waals surface area (Å²) >= 11 is 6.45. The maximum Gasteiger partial charge on any atom is 0.212 e. The van der Waals surface area contributed by atoms with Crippen LogP contribution >= 0.6 is 11.6 Å². The van der Waals surface area contributed by atoms with Crippen molar-refractivity contribution >= 4 is 28.3 Å². The summed E-state index contributed by atoms with van der Waals surface area (Å²) < 4.78 is 12.1. The van der Waals surface area contributed by atoms with Crippen molar-refractivity contribution in [3.63, 3.8) is 0 Å². The molecule has 0 amide bonds. The highest BCUT2D eigenvalue weighted by Gasteiger charge is 2.48. The van der Waals surface area contributed by atoms with Gasteiger partial charge in [0, 0.05) is 30.0 Å². The van der Waals surface area contributed by atoms with Crippen LogP contribution in [0.15, 0.2) is 42.5 Å². The van der Waals surface area contributed by atoms with Gasteiger partial charge in [-0.2, -0.15) is 0 Å². The minimum atomic E-state index is -0.592. The van der Waals surface area contributed by atoms with E-state index in [1.54, 1.807) is 0 Å². The molecule has 0 saturated carbocycles. The Bertz CT molecular complexity index is 1190. The van der Waals surface area contributed by atoms with Crippen molar-refractivity contribution in [1.29, 1.82) is 0 Å². The molecular weight excluding hydrogens is 438 g/mol. The van der Waals surface area contributed by atoms with Crippen LogP contribution in [0.4, 0.5) is 0 Å². The van der Waals surface area contributed by atoms with E-state index in [4.69, 9.17) is 21.1 Å². The van der Waals surface area contributed by atoms with Gasteiger partial charge < -0.3 is 19.8 Å². The highest BCUT2D eigenvalue weighted by Crippen LogP contribution is 2.49. The minimum Gasteiger partial charge on any atom is -0.379 e. The third kappa shape index (κ3) is 3.80. The summed E-state index contributed by atoms with van der Waals surface area (Å²) in [5, 5.41) is 5.05. The number of hydrogen-bond donors (Lipinski definition) is 2. The lowest BCUT2D eigenvalue weighted by Crippen LogP contribution is -2.40. The van der Waals surface area contributed by atoms with Gasteiger partial charge in [0.1, 0.15) is 6.10 Å². The van der Waals surface area contributed by atoms with E-state index in [0.29, 0.717) is 10.7 Å². The Morgan fingerprint density at radius 3 is 2.73 bits per heavy atom. The fourth-order valence-electron chi connectivity index (χ4n) is 5.58. The summed E-state index contributed by atoms with van der Waals surface area (Å²) in [4.78, 5) is 19.5. The zero-order valence-electron chi connectivity index (χ0n) is 18.5. The van der Waals surface area contributed by atoms with Gasteiger partial charge in [-0.25, -0.2) is 0 Å². The highest BCUT2D eigenvalue weighted by atomic mass is 35.5. The Hall–Kier alpha value is -2.22. The number of ketones is 1. The number of hydrogen-bond acceptors (Lipinski definition) is 5. The number of Topliss-reactive ketones (excluding diaryl/α,β-unsaturated/α-hetero) is 1. The zero-order chi connectivity index (χ0) is 22.4. The van der Waals surface area contributed by atoms with E-state index >= 15 is 0 Å². The predicted molar refractivity (Wildman–Crippen MR) is 128 cm³/mol. The van der Waals surface area contributed by atoms with Crippen molar-refractivity contribution in [2.45, 2.75) is 31.1 Å². The number of aromatic amines is 1. The first-order chi connectivity index (χ1) is 16.1. The van der Waals surface area contributed by atoms with Crippen LogP contribution in [0.2, 0.25) is 5.02 Å². The molecule has 0 radical (unpaired) electrons. The molecular formula is C26H28ClN3O3. The Morgan fingerprint density at radius 1 is 1.12 bits per heavy atom. The second kappa shape index (κ2) is 8.53. The largest absolute Gasteiger partial charge is 0.379 e. The molecule has 3 aromatic rings. The Balaban J connectivity index is 1.34. The lowest BCUT2D eigenvalue weighted by atomic mass is 9.84. The normalized spacial score (nSPS) is 22.6. The number of fused-ring (bicyclic) bond motifs is 3. The van der Waals surface area contributed by atoms with Gasteiger partial charge in [-0.3, -0.25) is 9.69 Å². The van der Waals surface area contributed by atoms with Crippen molar-refractivity contribution in [2.24, 2.45) is 0 Å². The molecule has 3 aliphatic heterocycles. The summed E-state index contributed by atoms with van der Waals surface area (Å²) in [5.41, 5.74) is 4.42. The van der Waals surface area contributed by atoms with Crippen LogP contribution in [0, 0.1) is 0 Å². The Kier molecular flexibility index (Phi) is 5.51. The standard InChI is InChI=1S/C26H28ClN3O3/c27-19-13-17-15-22(29-23(17)18(14-19)16-30-9-11-32-12-10-30)24(31)25-20-3-1-2-4-21(20)26(33-25)5-7-28-8-6-26/h1-4,13-15,25,28-29H,5-12,16H2/t25-/m1/s1. The minimum absolute atomic E-state index is 0.0255. The Morgan fingerprint density at radius 2 is 1.91 bits per heavy atom. The molecule has 0 unspecified atom stereocenters. The predicted octanol–water partition coefficient (Wildman–Crippen LogP) is 4.19. The fraction of sp³-hybridized carbons (Fsp3) is 0.423. The van der Waals surface area contributed by atoms with Crippen molar-refractivity contribution in [2.75, 3.05) is 39.4 Å². The molecule has 1 atom stereocenters. The summed E-state index contributed by atoms with van der Waals surface area (Å²) in [6.45, 7) is 5.83. The molecule has 1 spiro atoms. The first-order valence-electron chi connectivity index (χ1n) is 11.8. The van der Waals surface area contributed by atoms with E-state index in [1.807, 2.05) is 36.4 Å². The van der Waals surface area contributed by atoms with E-state index in [9.17, 15) is 4.79 Å². The lowest BCUT2D eigenvalue weighted by Gasteiger charge is -2.34. The SMILES string of the molecule is O=C(c1cc2cc(Cl)cc(CN3CCOCC3)c2[nH]1)[C@@H]1OC2(CCNCC2)c2ccccc21. The molecule has 2 fully saturated rings. The fourth-order valence-corrected chi connectivity index (χ4v) is 5.83. The number of H-pyrrole nitrogens is 1. The average molecular weight is 466 g/mol. The number of rotatable bonds is 4. The number of carbonyl (C=O) groups excluding carboxylic acids is 1. The summed E-state index contributed by atoms with van der Waals surface area (Å²) in [6, 6.07) is 14.0. The van der Waals surface area contributed by atoms with Crippen LogP contribution in [0.3, 0.4) is 0 Å². The maximum atomic E-state index is 13.8. The van der Waals surface area contributed by atoms with Crippen molar-refractivity contribution < 1.29 is 14.3 Å². The number of halogens is 1. The van der Waals surface area contributed by atoms with E-state index in [1.165, 1.54) is 0 Å². The first kappa shape index (κ1) is 21.3. The van der Waals surface area contributed by atoms with E-state index in [-0.39, 0.29) is 11.4 Å². The molecule has 6 nitrogen and oxygen atoms in total. The number of benzene rings is 2. The number of nitrogens with zero attached hydrogens (tertiary/aromatic N) is 1. The molecule has 2 N–H and O–H groups in total.